The lowest BCUT2D eigenvalue weighted by Gasteiger charge is -2.21. The van der Waals surface area contributed by atoms with Crippen LogP contribution in [0.5, 0.6) is 0 Å². The van der Waals surface area contributed by atoms with Gasteiger partial charge in [-0.1, -0.05) is 12.1 Å². The Balaban J connectivity index is 2.77. The van der Waals surface area contributed by atoms with Crippen LogP contribution in [0, 0.1) is 12.7 Å². The Morgan fingerprint density at radius 3 is 2.83 bits per heavy atom. The maximum atomic E-state index is 13.8. The van der Waals surface area contributed by atoms with Crippen molar-refractivity contribution in [1.82, 2.24) is 4.90 Å². The Morgan fingerprint density at radius 1 is 1.56 bits per heavy atom. The molecule has 0 bridgehead atoms. The van der Waals surface area contributed by atoms with Gasteiger partial charge in [0.25, 0.3) is 5.91 Å². The first kappa shape index (κ1) is 14.6. The minimum absolute atomic E-state index is 0.0158. The zero-order chi connectivity index (χ0) is 13.7. The Kier molecular flexibility index (Phi) is 5.25. The highest BCUT2D eigenvalue weighted by Crippen LogP contribution is 2.13. The number of aliphatic hydroxyl groups excluding tert-OH is 1. The van der Waals surface area contributed by atoms with Gasteiger partial charge in [0.05, 0.1) is 18.3 Å². The van der Waals surface area contributed by atoms with E-state index in [2.05, 4.69) is 0 Å². The van der Waals surface area contributed by atoms with Crippen molar-refractivity contribution in [3.63, 3.8) is 0 Å². The number of benzene rings is 1. The first-order valence-electron chi connectivity index (χ1n) is 5.65. The average molecular weight is 255 g/mol. The SMILES string of the molecule is COCC(O)CN(C)C(=O)c1cccc(C)c1F. The highest BCUT2D eigenvalue weighted by Gasteiger charge is 2.19. The molecule has 0 aliphatic carbocycles. The van der Waals surface area contributed by atoms with Gasteiger partial charge in [0.1, 0.15) is 5.82 Å². The second-order valence-electron chi connectivity index (χ2n) is 4.23. The Morgan fingerprint density at radius 2 is 2.22 bits per heavy atom. The Labute approximate surface area is 106 Å². The molecule has 1 amide bonds. The minimum Gasteiger partial charge on any atom is -0.389 e. The van der Waals surface area contributed by atoms with Crippen LogP contribution >= 0.6 is 0 Å². The van der Waals surface area contributed by atoms with Gasteiger partial charge < -0.3 is 14.7 Å². The number of methoxy groups -OCH3 is 1. The molecule has 4 nitrogen and oxygen atoms in total. The van der Waals surface area contributed by atoms with Gasteiger partial charge in [0, 0.05) is 20.7 Å². The number of aliphatic hydroxyl groups is 1. The molecule has 0 aliphatic rings. The van der Waals surface area contributed by atoms with Crippen molar-refractivity contribution in [2.45, 2.75) is 13.0 Å². The van der Waals surface area contributed by atoms with Gasteiger partial charge >= 0.3 is 0 Å². The number of nitrogens with zero attached hydrogens (tertiary/aromatic N) is 1. The van der Waals surface area contributed by atoms with E-state index in [-0.39, 0.29) is 18.7 Å². The fourth-order valence-corrected chi connectivity index (χ4v) is 1.66. The van der Waals surface area contributed by atoms with Crippen molar-refractivity contribution < 1.29 is 19.0 Å². The molecule has 0 saturated carbocycles. The van der Waals surface area contributed by atoms with Crippen LogP contribution in [0.1, 0.15) is 15.9 Å². The van der Waals surface area contributed by atoms with E-state index in [4.69, 9.17) is 4.74 Å². The molecule has 1 aromatic carbocycles. The van der Waals surface area contributed by atoms with Crippen LogP contribution in [0.4, 0.5) is 4.39 Å². The molecule has 0 spiro atoms. The Bertz CT molecular complexity index is 423. The lowest BCUT2D eigenvalue weighted by atomic mass is 10.1. The van der Waals surface area contributed by atoms with Gasteiger partial charge in [-0.3, -0.25) is 4.79 Å². The van der Waals surface area contributed by atoms with Crippen molar-refractivity contribution in [1.29, 1.82) is 0 Å². The van der Waals surface area contributed by atoms with Gasteiger partial charge in [-0.25, -0.2) is 4.39 Å². The predicted octanol–water partition coefficient (Wildman–Crippen LogP) is 1.21. The summed E-state index contributed by atoms with van der Waals surface area (Å²) in [4.78, 5) is 13.3. The summed E-state index contributed by atoms with van der Waals surface area (Å²) in [6, 6.07) is 4.67. The number of halogens is 1. The number of amides is 1. The topological polar surface area (TPSA) is 49.8 Å². The summed E-state index contributed by atoms with van der Waals surface area (Å²) < 4.78 is 18.5. The highest BCUT2D eigenvalue weighted by atomic mass is 19.1. The quantitative estimate of drug-likeness (QED) is 0.860. The third-order valence-electron chi connectivity index (χ3n) is 2.61. The molecule has 5 heteroatoms. The fourth-order valence-electron chi connectivity index (χ4n) is 1.66. The first-order chi connectivity index (χ1) is 8.47. The van der Waals surface area contributed by atoms with Crippen LogP contribution in [-0.4, -0.2) is 49.3 Å². The normalized spacial score (nSPS) is 12.3. The number of likely N-dealkylation sites (N-methyl/N-ethyl adjacent to an activating group) is 1. The van der Waals surface area contributed by atoms with E-state index in [1.165, 1.54) is 25.1 Å². The van der Waals surface area contributed by atoms with Crippen LogP contribution in [0.25, 0.3) is 0 Å². The van der Waals surface area contributed by atoms with Gasteiger partial charge in [-0.2, -0.15) is 0 Å². The van der Waals surface area contributed by atoms with Crippen LogP contribution in [0.15, 0.2) is 18.2 Å². The molecule has 0 saturated heterocycles. The van der Waals surface area contributed by atoms with E-state index in [9.17, 15) is 14.3 Å². The molecule has 1 rings (SSSR count). The second-order valence-corrected chi connectivity index (χ2v) is 4.23. The molecule has 0 aromatic heterocycles. The Hall–Kier alpha value is -1.46. The zero-order valence-corrected chi connectivity index (χ0v) is 10.8. The lowest BCUT2D eigenvalue weighted by molar-refractivity contribution is 0.0378. The number of carbonyl (C=O) groups excluding carboxylic acids is 1. The van der Waals surface area contributed by atoms with E-state index >= 15 is 0 Å². The third kappa shape index (κ3) is 3.51. The third-order valence-corrected chi connectivity index (χ3v) is 2.61. The fraction of sp³-hybridized carbons (Fsp3) is 0.462. The van der Waals surface area contributed by atoms with Crippen molar-refractivity contribution in [3.8, 4) is 0 Å². The summed E-state index contributed by atoms with van der Waals surface area (Å²) in [6.45, 7) is 1.83. The summed E-state index contributed by atoms with van der Waals surface area (Å²) >= 11 is 0. The summed E-state index contributed by atoms with van der Waals surface area (Å²) in [5, 5.41) is 9.53. The van der Waals surface area contributed by atoms with Crippen LogP contribution < -0.4 is 0 Å². The molecule has 18 heavy (non-hydrogen) atoms. The highest BCUT2D eigenvalue weighted by molar-refractivity contribution is 5.94. The number of aryl methyl sites for hydroxylation is 1. The number of carbonyl (C=O) groups is 1. The first-order valence-corrected chi connectivity index (χ1v) is 5.65. The number of rotatable bonds is 5. The molecule has 1 atom stereocenters. The zero-order valence-electron chi connectivity index (χ0n) is 10.8. The second kappa shape index (κ2) is 6.47. The summed E-state index contributed by atoms with van der Waals surface area (Å²) in [5.41, 5.74) is 0.439. The van der Waals surface area contributed by atoms with Gasteiger partial charge in [0.15, 0.2) is 0 Å². The number of hydrogen-bond acceptors (Lipinski definition) is 3. The molecule has 0 fully saturated rings. The summed E-state index contributed by atoms with van der Waals surface area (Å²) in [6.07, 6.45) is -0.781. The van der Waals surface area contributed by atoms with Crippen LogP contribution in [-0.2, 0) is 4.74 Å². The van der Waals surface area contributed by atoms with E-state index in [0.29, 0.717) is 5.56 Å². The molecule has 0 aliphatic heterocycles. The molecule has 1 unspecified atom stereocenters. The molecule has 100 valence electrons. The maximum Gasteiger partial charge on any atom is 0.256 e. The molecule has 1 aromatic rings. The lowest BCUT2D eigenvalue weighted by Crippen LogP contribution is -2.36. The minimum atomic E-state index is -0.781. The largest absolute Gasteiger partial charge is 0.389 e. The monoisotopic (exact) mass is 255 g/mol. The molecule has 1 N–H and O–H groups in total. The molecule has 0 radical (unpaired) electrons. The number of hydrogen-bond donors (Lipinski definition) is 1. The molecule has 0 heterocycles. The van der Waals surface area contributed by atoms with Crippen LogP contribution in [0.2, 0.25) is 0 Å². The van der Waals surface area contributed by atoms with Crippen molar-refractivity contribution in [2.75, 3.05) is 27.3 Å². The molecular formula is C13H18FNO3. The standard InChI is InChI=1S/C13H18FNO3/c1-9-5-4-6-11(12(9)14)13(17)15(2)7-10(16)8-18-3/h4-6,10,16H,7-8H2,1-3H3. The van der Waals surface area contributed by atoms with Gasteiger partial charge in [-0.15, -0.1) is 0 Å². The van der Waals surface area contributed by atoms with E-state index in [0.717, 1.165) is 0 Å². The summed E-state index contributed by atoms with van der Waals surface area (Å²) in [7, 11) is 2.98. The van der Waals surface area contributed by atoms with Gasteiger partial charge in [-0.05, 0) is 18.6 Å². The van der Waals surface area contributed by atoms with Crippen molar-refractivity contribution in [3.05, 3.63) is 35.1 Å². The average Bonchev–Trinajstić information content (AvgIpc) is 2.32. The van der Waals surface area contributed by atoms with Crippen molar-refractivity contribution >= 4 is 5.91 Å². The van der Waals surface area contributed by atoms with Crippen molar-refractivity contribution in [2.24, 2.45) is 0 Å². The van der Waals surface area contributed by atoms with E-state index in [1.807, 2.05) is 0 Å². The number of ether oxygens (including phenoxy) is 1. The summed E-state index contributed by atoms with van der Waals surface area (Å²) in [5.74, 6) is -0.970. The smallest absolute Gasteiger partial charge is 0.256 e. The van der Waals surface area contributed by atoms with E-state index < -0.39 is 17.8 Å². The van der Waals surface area contributed by atoms with Gasteiger partial charge in [0.2, 0.25) is 0 Å². The maximum absolute atomic E-state index is 13.8. The molecular weight excluding hydrogens is 237 g/mol. The van der Waals surface area contributed by atoms with E-state index in [1.54, 1.807) is 19.1 Å². The predicted molar refractivity (Wildman–Crippen MR) is 66.0 cm³/mol. The van der Waals surface area contributed by atoms with Crippen LogP contribution in [0.3, 0.4) is 0 Å².